The molecule has 8 nitrogen and oxygen atoms in total. The van der Waals surface area contributed by atoms with Gasteiger partial charge in [0.1, 0.15) is 13.2 Å². The SMILES string of the molecule is C=CCOc1ccc(C=NNC(=O)CN(c2cccc(C)c2C)S(C)(=O)=O)cc1OC. The molecule has 31 heavy (non-hydrogen) atoms. The van der Waals surface area contributed by atoms with Crippen molar-refractivity contribution in [3.8, 4) is 11.5 Å². The van der Waals surface area contributed by atoms with Crippen LogP contribution >= 0.6 is 0 Å². The number of carbonyl (C=O) groups excluding carboxylic acids is 1. The van der Waals surface area contributed by atoms with Crippen LogP contribution in [0.25, 0.3) is 0 Å². The standard InChI is InChI=1S/C22H27N3O5S/c1-6-12-30-20-11-10-18(13-21(20)29-4)14-23-24-22(26)15-25(31(5,27)28)19-9-7-8-16(2)17(19)3/h6-11,13-14H,1,12,15H2,2-5H3,(H,24,26). The third-order valence-electron chi connectivity index (χ3n) is 4.48. The van der Waals surface area contributed by atoms with E-state index >= 15 is 0 Å². The lowest BCUT2D eigenvalue weighted by molar-refractivity contribution is -0.119. The fraction of sp³-hybridized carbons (Fsp3) is 0.273. The summed E-state index contributed by atoms with van der Waals surface area (Å²) in [7, 11) is -2.15. The second kappa shape index (κ2) is 10.6. The minimum atomic E-state index is -3.67. The zero-order valence-corrected chi connectivity index (χ0v) is 18.9. The smallest absolute Gasteiger partial charge is 0.260 e. The van der Waals surface area contributed by atoms with Crippen LogP contribution in [0.5, 0.6) is 11.5 Å². The van der Waals surface area contributed by atoms with Gasteiger partial charge in [-0.25, -0.2) is 13.8 Å². The van der Waals surface area contributed by atoms with Gasteiger partial charge in [0.05, 0.1) is 25.3 Å². The number of methoxy groups -OCH3 is 1. The average Bonchev–Trinajstić information content (AvgIpc) is 2.72. The number of aryl methyl sites for hydroxylation is 1. The molecular formula is C22H27N3O5S. The molecule has 0 bridgehead atoms. The van der Waals surface area contributed by atoms with Crippen LogP contribution in [-0.2, 0) is 14.8 Å². The summed E-state index contributed by atoms with van der Waals surface area (Å²) in [6.45, 7) is 7.25. The highest BCUT2D eigenvalue weighted by atomic mass is 32.2. The van der Waals surface area contributed by atoms with E-state index in [1.807, 2.05) is 19.9 Å². The van der Waals surface area contributed by atoms with Crippen molar-refractivity contribution >= 4 is 27.8 Å². The van der Waals surface area contributed by atoms with E-state index in [1.165, 1.54) is 13.3 Å². The fourth-order valence-corrected chi connectivity index (χ4v) is 3.67. The number of amides is 1. The third-order valence-corrected chi connectivity index (χ3v) is 5.61. The Morgan fingerprint density at radius 3 is 2.61 bits per heavy atom. The first kappa shape index (κ1) is 23.9. The summed E-state index contributed by atoms with van der Waals surface area (Å²) < 4.78 is 36.4. The van der Waals surface area contributed by atoms with Crippen molar-refractivity contribution in [1.29, 1.82) is 0 Å². The van der Waals surface area contributed by atoms with Crippen molar-refractivity contribution in [2.45, 2.75) is 13.8 Å². The van der Waals surface area contributed by atoms with E-state index in [0.29, 0.717) is 29.4 Å². The Balaban J connectivity index is 2.11. The van der Waals surface area contributed by atoms with Crippen LogP contribution in [-0.4, -0.2) is 47.1 Å². The Labute approximate surface area is 183 Å². The van der Waals surface area contributed by atoms with E-state index in [4.69, 9.17) is 9.47 Å². The van der Waals surface area contributed by atoms with Crippen LogP contribution < -0.4 is 19.2 Å². The molecule has 0 saturated heterocycles. The Bertz CT molecular complexity index is 1080. The summed E-state index contributed by atoms with van der Waals surface area (Å²) >= 11 is 0. The molecule has 0 fully saturated rings. The molecule has 1 N–H and O–H groups in total. The van der Waals surface area contributed by atoms with Crippen molar-refractivity contribution in [3.63, 3.8) is 0 Å². The number of hydrogen-bond donors (Lipinski definition) is 1. The first-order chi connectivity index (χ1) is 14.7. The molecule has 0 aliphatic carbocycles. The molecule has 0 atom stereocenters. The minimum Gasteiger partial charge on any atom is -0.493 e. The second-order valence-electron chi connectivity index (χ2n) is 6.79. The van der Waals surface area contributed by atoms with E-state index in [9.17, 15) is 13.2 Å². The molecule has 0 aromatic heterocycles. The number of rotatable bonds is 10. The summed E-state index contributed by atoms with van der Waals surface area (Å²) in [6, 6.07) is 10.5. The van der Waals surface area contributed by atoms with Gasteiger partial charge < -0.3 is 9.47 Å². The molecule has 2 aromatic rings. The van der Waals surface area contributed by atoms with Crippen LogP contribution in [0.4, 0.5) is 5.69 Å². The van der Waals surface area contributed by atoms with Gasteiger partial charge in [0.25, 0.3) is 5.91 Å². The molecule has 0 radical (unpaired) electrons. The van der Waals surface area contributed by atoms with Crippen LogP contribution in [0.3, 0.4) is 0 Å². The number of ether oxygens (including phenoxy) is 2. The number of carbonyl (C=O) groups is 1. The zero-order valence-electron chi connectivity index (χ0n) is 18.1. The highest BCUT2D eigenvalue weighted by Gasteiger charge is 2.22. The number of nitrogens with one attached hydrogen (secondary N) is 1. The molecule has 166 valence electrons. The largest absolute Gasteiger partial charge is 0.493 e. The summed E-state index contributed by atoms with van der Waals surface area (Å²) in [5.41, 5.74) is 5.20. The first-order valence-electron chi connectivity index (χ1n) is 9.45. The Morgan fingerprint density at radius 1 is 1.23 bits per heavy atom. The van der Waals surface area contributed by atoms with E-state index in [2.05, 4.69) is 17.1 Å². The van der Waals surface area contributed by atoms with Gasteiger partial charge in [-0.2, -0.15) is 5.10 Å². The predicted molar refractivity (Wildman–Crippen MR) is 123 cm³/mol. The summed E-state index contributed by atoms with van der Waals surface area (Å²) in [5, 5.41) is 3.92. The van der Waals surface area contributed by atoms with Gasteiger partial charge in [-0.05, 0) is 54.8 Å². The molecule has 0 unspecified atom stereocenters. The van der Waals surface area contributed by atoms with Crippen LogP contribution in [0.1, 0.15) is 16.7 Å². The zero-order chi connectivity index (χ0) is 23.0. The van der Waals surface area contributed by atoms with Crippen molar-refractivity contribution in [3.05, 3.63) is 65.7 Å². The molecule has 9 heteroatoms. The van der Waals surface area contributed by atoms with Gasteiger partial charge >= 0.3 is 0 Å². The maximum atomic E-state index is 12.4. The maximum absolute atomic E-state index is 12.4. The van der Waals surface area contributed by atoms with E-state index in [-0.39, 0.29) is 0 Å². The average molecular weight is 446 g/mol. The molecule has 0 spiro atoms. The second-order valence-corrected chi connectivity index (χ2v) is 8.70. The van der Waals surface area contributed by atoms with E-state index in [0.717, 1.165) is 21.7 Å². The number of nitrogens with zero attached hydrogens (tertiary/aromatic N) is 2. The highest BCUT2D eigenvalue weighted by Crippen LogP contribution is 2.27. The molecule has 0 aliphatic rings. The molecule has 2 rings (SSSR count). The minimum absolute atomic E-state index is 0.344. The van der Waals surface area contributed by atoms with Gasteiger partial charge in [-0.1, -0.05) is 24.8 Å². The number of hydrazone groups is 1. The molecule has 1 amide bonds. The highest BCUT2D eigenvalue weighted by molar-refractivity contribution is 7.92. The molecular weight excluding hydrogens is 418 g/mol. The number of hydrogen-bond acceptors (Lipinski definition) is 6. The number of benzene rings is 2. The Morgan fingerprint density at radius 2 is 1.97 bits per heavy atom. The monoisotopic (exact) mass is 445 g/mol. The lowest BCUT2D eigenvalue weighted by atomic mass is 10.1. The van der Waals surface area contributed by atoms with Crippen LogP contribution in [0.2, 0.25) is 0 Å². The first-order valence-corrected chi connectivity index (χ1v) is 11.3. The van der Waals surface area contributed by atoms with Gasteiger partial charge in [0.2, 0.25) is 10.0 Å². The predicted octanol–water partition coefficient (Wildman–Crippen LogP) is 2.79. The summed E-state index contributed by atoms with van der Waals surface area (Å²) in [4.78, 5) is 12.4. The number of anilines is 1. The summed E-state index contributed by atoms with van der Waals surface area (Å²) in [5.74, 6) is 0.497. The van der Waals surface area contributed by atoms with Gasteiger partial charge in [-0.15, -0.1) is 0 Å². The van der Waals surface area contributed by atoms with Crippen LogP contribution in [0.15, 0.2) is 54.2 Å². The quantitative estimate of drug-likeness (QED) is 0.345. The molecule has 0 aliphatic heterocycles. The van der Waals surface area contributed by atoms with Crippen LogP contribution in [0, 0.1) is 13.8 Å². The lowest BCUT2D eigenvalue weighted by Crippen LogP contribution is -2.39. The van der Waals surface area contributed by atoms with Crippen molar-refractivity contribution in [2.75, 3.05) is 30.8 Å². The van der Waals surface area contributed by atoms with Gasteiger partial charge in [0, 0.05) is 0 Å². The number of sulfonamides is 1. The van der Waals surface area contributed by atoms with Gasteiger partial charge in [0.15, 0.2) is 11.5 Å². The lowest BCUT2D eigenvalue weighted by Gasteiger charge is -2.23. The molecule has 0 saturated carbocycles. The molecule has 2 aromatic carbocycles. The fourth-order valence-electron chi connectivity index (χ4n) is 2.76. The Kier molecular flexibility index (Phi) is 8.21. The summed E-state index contributed by atoms with van der Waals surface area (Å²) in [6.07, 6.45) is 4.12. The molecule has 0 heterocycles. The van der Waals surface area contributed by atoms with Gasteiger partial charge in [-0.3, -0.25) is 9.10 Å². The third kappa shape index (κ3) is 6.58. The Hall–Kier alpha value is -3.33. The van der Waals surface area contributed by atoms with E-state index < -0.39 is 22.5 Å². The maximum Gasteiger partial charge on any atom is 0.260 e. The van der Waals surface area contributed by atoms with Crippen molar-refractivity contribution in [1.82, 2.24) is 5.43 Å². The van der Waals surface area contributed by atoms with E-state index in [1.54, 1.807) is 36.4 Å². The topological polar surface area (TPSA) is 97.3 Å². The van der Waals surface area contributed by atoms with Crippen molar-refractivity contribution in [2.24, 2.45) is 5.10 Å². The van der Waals surface area contributed by atoms with Crippen molar-refractivity contribution < 1.29 is 22.7 Å². The normalized spacial score (nSPS) is 11.2.